The van der Waals surface area contributed by atoms with Gasteiger partial charge in [0.25, 0.3) is 5.91 Å². The van der Waals surface area contributed by atoms with E-state index in [0.29, 0.717) is 24.6 Å². The maximum Gasteiger partial charge on any atom is 0.410 e. The van der Waals surface area contributed by atoms with Crippen LogP contribution >= 0.6 is 0 Å². The molecule has 1 fully saturated rings. The molecule has 0 saturated carbocycles. The molecule has 0 spiro atoms. The summed E-state index contributed by atoms with van der Waals surface area (Å²) in [5.74, 6) is 0.973. The minimum atomic E-state index is -0.696. The van der Waals surface area contributed by atoms with Crippen LogP contribution in [-0.2, 0) is 9.53 Å². The molecule has 3 rings (SSSR count). The first-order valence-electron chi connectivity index (χ1n) is 9.49. The Morgan fingerprint density at radius 2 is 1.96 bits per heavy atom. The predicted octanol–water partition coefficient (Wildman–Crippen LogP) is 2.73. The van der Waals surface area contributed by atoms with Crippen LogP contribution in [0.25, 0.3) is 0 Å². The molecule has 0 aliphatic carbocycles. The third-order valence-electron chi connectivity index (χ3n) is 4.57. The van der Waals surface area contributed by atoms with Gasteiger partial charge in [0.15, 0.2) is 11.5 Å². The number of carbonyl (C=O) groups is 2. The van der Waals surface area contributed by atoms with Crippen molar-refractivity contribution in [2.75, 3.05) is 19.7 Å². The number of ether oxygens (including phenoxy) is 3. The lowest BCUT2D eigenvalue weighted by Crippen LogP contribution is -2.53. The summed E-state index contributed by atoms with van der Waals surface area (Å²) in [7, 11) is 0. The van der Waals surface area contributed by atoms with Crippen LogP contribution in [0.3, 0.4) is 0 Å². The summed E-state index contributed by atoms with van der Waals surface area (Å²) in [4.78, 5) is 26.7. The van der Waals surface area contributed by atoms with Crippen molar-refractivity contribution in [2.24, 2.45) is 0 Å². The van der Waals surface area contributed by atoms with Gasteiger partial charge in [-0.2, -0.15) is 0 Å². The molecule has 1 saturated heterocycles. The van der Waals surface area contributed by atoms with Crippen LogP contribution in [0.4, 0.5) is 4.79 Å². The van der Waals surface area contributed by atoms with Crippen LogP contribution in [-0.4, -0.2) is 54.3 Å². The standard InChI is InChI=1S/C20H28N2O5/c1-20(2,3)27-19(24)22-11-7-6-8-14(22)12-21-18(23)17-13-25-15-9-4-5-10-16(15)26-17/h4-5,9-10,14,17H,6-8,11-13H2,1-3H3,(H,21,23)/t14-,17-/m1/s1. The van der Waals surface area contributed by atoms with Gasteiger partial charge < -0.3 is 24.4 Å². The molecule has 1 aromatic rings. The lowest BCUT2D eigenvalue weighted by atomic mass is 10.0. The molecule has 1 aromatic carbocycles. The predicted molar refractivity (Wildman–Crippen MR) is 99.9 cm³/mol. The summed E-state index contributed by atoms with van der Waals surface area (Å²) in [6.07, 6.45) is 1.78. The molecule has 0 radical (unpaired) electrons. The van der Waals surface area contributed by atoms with E-state index in [1.54, 1.807) is 11.0 Å². The number of para-hydroxylation sites is 2. The number of rotatable bonds is 3. The molecular formula is C20H28N2O5. The Hall–Kier alpha value is -2.44. The number of benzene rings is 1. The van der Waals surface area contributed by atoms with E-state index in [1.165, 1.54) is 0 Å². The lowest BCUT2D eigenvalue weighted by molar-refractivity contribution is -0.130. The van der Waals surface area contributed by atoms with Crippen molar-refractivity contribution in [3.05, 3.63) is 24.3 Å². The zero-order chi connectivity index (χ0) is 19.4. The molecule has 2 heterocycles. The van der Waals surface area contributed by atoms with Gasteiger partial charge in [-0.05, 0) is 52.2 Å². The highest BCUT2D eigenvalue weighted by atomic mass is 16.6. The van der Waals surface area contributed by atoms with Crippen molar-refractivity contribution in [3.63, 3.8) is 0 Å². The monoisotopic (exact) mass is 376 g/mol. The van der Waals surface area contributed by atoms with Crippen LogP contribution in [0.15, 0.2) is 24.3 Å². The van der Waals surface area contributed by atoms with Crippen molar-refractivity contribution < 1.29 is 23.8 Å². The summed E-state index contributed by atoms with van der Waals surface area (Å²) in [6.45, 7) is 6.74. The number of nitrogens with one attached hydrogen (secondary N) is 1. The Morgan fingerprint density at radius 1 is 1.22 bits per heavy atom. The Kier molecular flexibility index (Phi) is 5.77. The van der Waals surface area contributed by atoms with Crippen LogP contribution < -0.4 is 14.8 Å². The second-order valence-corrected chi connectivity index (χ2v) is 7.93. The molecule has 0 aromatic heterocycles. The van der Waals surface area contributed by atoms with E-state index in [1.807, 2.05) is 39.0 Å². The Morgan fingerprint density at radius 3 is 2.70 bits per heavy atom. The first kappa shape index (κ1) is 19.3. The van der Waals surface area contributed by atoms with Gasteiger partial charge in [0.2, 0.25) is 6.10 Å². The van der Waals surface area contributed by atoms with E-state index < -0.39 is 11.7 Å². The molecule has 2 aliphatic rings. The van der Waals surface area contributed by atoms with Crippen molar-refractivity contribution >= 4 is 12.0 Å². The van der Waals surface area contributed by atoms with Crippen molar-refractivity contribution in [3.8, 4) is 11.5 Å². The van der Waals surface area contributed by atoms with Gasteiger partial charge in [-0.25, -0.2) is 4.79 Å². The molecule has 7 heteroatoms. The van der Waals surface area contributed by atoms with E-state index in [-0.39, 0.29) is 24.6 Å². The van der Waals surface area contributed by atoms with Gasteiger partial charge in [-0.15, -0.1) is 0 Å². The number of nitrogens with zero attached hydrogens (tertiary/aromatic N) is 1. The third kappa shape index (κ3) is 5.05. The molecular weight excluding hydrogens is 348 g/mol. The maximum absolute atomic E-state index is 12.5. The van der Waals surface area contributed by atoms with E-state index >= 15 is 0 Å². The molecule has 2 amide bonds. The number of likely N-dealkylation sites (tertiary alicyclic amines) is 1. The number of amides is 2. The van der Waals surface area contributed by atoms with Gasteiger partial charge in [0.05, 0.1) is 6.04 Å². The fourth-order valence-corrected chi connectivity index (χ4v) is 3.25. The highest BCUT2D eigenvalue weighted by molar-refractivity contribution is 5.81. The average molecular weight is 376 g/mol. The highest BCUT2D eigenvalue weighted by Crippen LogP contribution is 2.30. The van der Waals surface area contributed by atoms with Crippen LogP contribution in [0.5, 0.6) is 11.5 Å². The van der Waals surface area contributed by atoms with Crippen LogP contribution in [0.1, 0.15) is 40.0 Å². The fourth-order valence-electron chi connectivity index (χ4n) is 3.25. The maximum atomic E-state index is 12.5. The van der Waals surface area contributed by atoms with Crippen LogP contribution in [0, 0.1) is 0 Å². The normalized spacial score (nSPS) is 22.1. The quantitative estimate of drug-likeness (QED) is 0.878. The lowest BCUT2D eigenvalue weighted by Gasteiger charge is -2.37. The number of carbonyl (C=O) groups excluding carboxylic acids is 2. The molecule has 0 unspecified atom stereocenters. The van der Waals surface area contributed by atoms with Crippen molar-refractivity contribution in [1.82, 2.24) is 10.2 Å². The van der Waals surface area contributed by atoms with Crippen molar-refractivity contribution in [1.29, 1.82) is 0 Å². The summed E-state index contributed by atoms with van der Waals surface area (Å²) in [5.41, 5.74) is -0.539. The van der Waals surface area contributed by atoms with Gasteiger partial charge in [-0.1, -0.05) is 12.1 Å². The first-order valence-corrected chi connectivity index (χ1v) is 9.49. The Labute approximate surface area is 160 Å². The van der Waals surface area contributed by atoms with E-state index in [4.69, 9.17) is 14.2 Å². The smallest absolute Gasteiger partial charge is 0.410 e. The fraction of sp³-hybridized carbons (Fsp3) is 0.600. The van der Waals surface area contributed by atoms with Crippen molar-refractivity contribution in [2.45, 2.75) is 57.8 Å². The zero-order valence-corrected chi connectivity index (χ0v) is 16.2. The summed E-state index contributed by atoms with van der Waals surface area (Å²) in [6, 6.07) is 7.21. The topological polar surface area (TPSA) is 77.1 Å². The number of hydrogen-bond acceptors (Lipinski definition) is 5. The molecule has 0 bridgehead atoms. The number of piperidine rings is 1. The average Bonchev–Trinajstić information content (AvgIpc) is 2.64. The van der Waals surface area contributed by atoms with E-state index in [2.05, 4.69) is 5.32 Å². The Bertz CT molecular complexity index is 685. The molecule has 27 heavy (non-hydrogen) atoms. The zero-order valence-electron chi connectivity index (χ0n) is 16.2. The Balaban J connectivity index is 1.55. The molecule has 148 valence electrons. The minimum Gasteiger partial charge on any atom is -0.485 e. The van der Waals surface area contributed by atoms with Gasteiger partial charge in [0, 0.05) is 13.1 Å². The molecule has 7 nitrogen and oxygen atoms in total. The first-order chi connectivity index (χ1) is 12.8. The van der Waals surface area contributed by atoms with Gasteiger partial charge in [0.1, 0.15) is 12.2 Å². The summed E-state index contributed by atoms with van der Waals surface area (Å²) < 4.78 is 16.8. The molecule has 1 N–H and O–H groups in total. The second-order valence-electron chi connectivity index (χ2n) is 7.93. The largest absolute Gasteiger partial charge is 0.485 e. The summed E-state index contributed by atoms with van der Waals surface area (Å²) >= 11 is 0. The molecule has 2 aliphatic heterocycles. The van der Waals surface area contributed by atoms with Gasteiger partial charge in [-0.3, -0.25) is 4.79 Å². The minimum absolute atomic E-state index is 0.0747. The van der Waals surface area contributed by atoms with E-state index in [0.717, 1.165) is 19.3 Å². The third-order valence-corrected chi connectivity index (χ3v) is 4.57. The summed E-state index contributed by atoms with van der Waals surface area (Å²) in [5, 5.41) is 2.91. The van der Waals surface area contributed by atoms with Gasteiger partial charge >= 0.3 is 6.09 Å². The van der Waals surface area contributed by atoms with E-state index in [9.17, 15) is 9.59 Å². The second kappa shape index (κ2) is 8.06. The number of hydrogen-bond donors (Lipinski definition) is 1. The number of fused-ring (bicyclic) bond motifs is 1. The highest BCUT2D eigenvalue weighted by Gasteiger charge is 2.32. The van der Waals surface area contributed by atoms with Crippen LogP contribution in [0.2, 0.25) is 0 Å². The molecule has 2 atom stereocenters. The SMILES string of the molecule is CC(C)(C)OC(=O)N1CCCC[C@@H]1CNC(=O)[C@H]1COc2ccccc2O1.